The smallest absolute Gasteiger partial charge is 0.303 e. The highest BCUT2D eigenvalue weighted by atomic mass is 19.1. The monoisotopic (exact) mass is 494 g/mol. The lowest BCUT2D eigenvalue weighted by Crippen LogP contribution is -2.41. The van der Waals surface area contributed by atoms with Crippen LogP contribution in [0, 0.1) is 11.8 Å². The first-order valence-electron chi connectivity index (χ1n) is 12.8. The molecule has 0 radical (unpaired) electrons. The molecule has 0 unspecified atom stereocenters. The van der Waals surface area contributed by atoms with Gasteiger partial charge in [0.05, 0.1) is 12.6 Å². The Morgan fingerprint density at radius 3 is 2.86 bits per heavy atom. The van der Waals surface area contributed by atoms with Crippen molar-refractivity contribution in [1.82, 2.24) is 19.9 Å². The van der Waals surface area contributed by atoms with E-state index in [1.807, 2.05) is 24.3 Å². The van der Waals surface area contributed by atoms with Crippen LogP contribution in [0.25, 0.3) is 10.9 Å². The van der Waals surface area contributed by atoms with Gasteiger partial charge in [0.1, 0.15) is 18.2 Å². The predicted molar refractivity (Wildman–Crippen MR) is 137 cm³/mol. The topological polar surface area (TPSA) is 88.4 Å². The Balaban J connectivity index is 1.31. The zero-order valence-corrected chi connectivity index (χ0v) is 20.9. The molecule has 2 aromatic heterocycles. The third-order valence-electron chi connectivity index (χ3n) is 7.32. The molecule has 4 rings (SSSR count). The number of fused-ring (bicyclic) bond motifs is 1. The number of carboxylic acid groups (broad SMARTS) is 1. The van der Waals surface area contributed by atoms with Crippen LogP contribution in [0.2, 0.25) is 0 Å². The second-order valence-corrected chi connectivity index (χ2v) is 9.69. The van der Waals surface area contributed by atoms with E-state index < -0.39 is 12.1 Å². The normalized spacial score (nSPS) is 19.3. The van der Waals surface area contributed by atoms with E-state index in [0.29, 0.717) is 24.2 Å². The number of carbonyl (C=O) groups is 1. The van der Waals surface area contributed by atoms with E-state index in [2.05, 4.69) is 19.9 Å². The molecule has 1 saturated heterocycles. The number of benzene rings is 1. The SMILES string of the molecule is COc1ccc2nccc([C@@H](F)CC[C@@H]3CCN(CCCCc4ccncn4)C[C@@H]3CC(=O)O)c2c1. The lowest BCUT2D eigenvalue weighted by molar-refractivity contribution is -0.139. The first-order valence-corrected chi connectivity index (χ1v) is 12.8. The molecular weight excluding hydrogens is 459 g/mol. The molecule has 1 aliphatic heterocycles. The van der Waals surface area contributed by atoms with Crippen LogP contribution in [0.5, 0.6) is 5.75 Å². The van der Waals surface area contributed by atoms with Gasteiger partial charge in [-0.15, -0.1) is 0 Å². The zero-order valence-electron chi connectivity index (χ0n) is 20.9. The maximum Gasteiger partial charge on any atom is 0.303 e. The summed E-state index contributed by atoms with van der Waals surface area (Å²) in [5.41, 5.74) is 2.41. The number of unbranched alkanes of at least 4 members (excludes halogenated alkanes) is 1. The molecule has 192 valence electrons. The second-order valence-electron chi connectivity index (χ2n) is 9.69. The summed E-state index contributed by atoms with van der Waals surface area (Å²) in [5, 5.41) is 10.3. The van der Waals surface area contributed by atoms with Crippen molar-refractivity contribution in [2.45, 2.75) is 51.1 Å². The molecule has 1 fully saturated rings. The minimum absolute atomic E-state index is 0.0413. The second kappa shape index (κ2) is 12.7. The highest BCUT2D eigenvalue weighted by Crippen LogP contribution is 2.36. The average molecular weight is 495 g/mol. The number of halogens is 1. The van der Waals surface area contributed by atoms with Crippen LogP contribution in [0.1, 0.15) is 56.0 Å². The van der Waals surface area contributed by atoms with Gasteiger partial charge in [-0.1, -0.05) is 0 Å². The van der Waals surface area contributed by atoms with Crippen LogP contribution in [-0.2, 0) is 11.2 Å². The van der Waals surface area contributed by atoms with Crippen molar-refractivity contribution in [3.8, 4) is 5.75 Å². The molecule has 0 bridgehead atoms. The molecule has 0 spiro atoms. The number of likely N-dealkylation sites (tertiary alicyclic amines) is 1. The summed E-state index contributed by atoms with van der Waals surface area (Å²) in [4.78, 5) is 26.5. The van der Waals surface area contributed by atoms with Gasteiger partial charge in [-0.05, 0) is 99.3 Å². The number of hydrogen-bond acceptors (Lipinski definition) is 6. The van der Waals surface area contributed by atoms with Crippen LogP contribution >= 0.6 is 0 Å². The number of aliphatic carboxylic acids is 1. The number of hydrogen-bond donors (Lipinski definition) is 1. The summed E-state index contributed by atoms with van der Waals surface area (Å²) in [7, 11) is 1.59. The third-order valence-corrected chi connectivity index (χ3v) is 7.32. The van der Waals surface area contributed by atoms with Gasteiger partial charge in [-0.25, -0.2) is 14.4 Å². The number of nitrogens with zero attached hydrogens (tertiary/aromatic N) is 4. The van der Waals surface area contributed by atoms with Gasteiger partial charge in [-0.3, -0.25) is 9.78 Å². The van der Waals surface area contributed by atoms with Gasteiger partial charge in [0.15, 0.2) is 0 Å². The molecule has 1 aliphatic rings. The van der Waals surface area contributed by atoms with E-state index in [9.17, 15) is 9.90 Å². The van der Waals surface area contributed by atoms with Crippen LogP contribution in [0.4, 0.5) is 4.39 Å². The number of rotatable bonds is 12. The summed E-state index contributed by atoms with van der Waals surface area (Å²) < 4.78 is 20.8. The molecule has 1 aromatic carbocycles. The minimum Gasteiger partial charge on any atom is -0.497 e. The molecule has 8 heteroatoms. The summed E-state index contributed by atoms with van der Waals surface area (Å²) in [6.07, 6.45) is 8.94. The van der Waals surface area contributed by atoms with E-state index in [4.69, 9.17) is 4.74 Å². The van der Waals surface area contributed by atoms with Gasteiger partial charge in [-0.2, -0.15) is 0 Å². The van der Waals surface area contributed by atoms with Gasteiger partial charge < -0.3 is 14.7 Å². The molecule has 3 aromatic rings. The molecule has 3 heterocycles. The number of carboxylic acids is 1. The van der Waals surface area contributed by atoms with Crippen LogP contribution < -0.4 is 4.74 Å². The Labute approximate surface area is 211 Å². The molecule has 0 aliphatic carbocycles. The van der Waals surface area contributed by atoms with E-state index in [1.54, 1.807) is 31.9 Å². The first-order chi connectivity index (χ1) is 17.5. The Hall–Kier alpha value is -3.13. The van der Waals surface area contributed by atoms with Crippen molar-refractivity contribution < 1.29 is 19.0 Å². The Morgan fingerprint density at radius 2 is 2.08 bits per heavy atom. The van der Waals surface area contributed by atoms with Crippen LogP contribution in [-0.4, -0.2) is 57.7 Å². The van der Waals surface area contributed by atoms with Crippen molar-refractivity contribution >= 4 is 16.9 Å². The fourth-order valence-corrected chi connectivity index (χ4v) is 5.36. The summed E-state index contributed by atoms with van der Waals surface area (Å²) >= 11 is 0. The van der Waals surface area contributed by atoms with E-state index >= 15 is 4.39 Å². The number of methoxy groups -OCH3 is 1. The third kappa shape index (κ3) is 6.97. The van der Waals surface area contributed by atoms with Gasteiger partial charge in [0.2, 0.25) is 0 Å². The van der Waals surface area contributed by atoms with E-state index in [1.165, 1.54) is 0 Å². The molecule has 36 heavy (non-hydrogen) atoms. The Morgan fingerprint density at radius 1 is 1.19 bits per heavy atom. The number of piperidine rings is 1. The van der Waals surface area contributed by atoms with Crippen molar-refractivity contribution in [2.75, 3.05) is 26.7 Å². The predicted octanol–water partition coefficient (Wildman–Crippen LogP) is 5.26. The van der Waals surface area contributed by atoms with Gasteiger partial charge in [0.25, 0.3) is 0 Å². The molecular formula is C28H35FN4O3. The molecule has 0 saturated carbocycles. The largest absolute Gasteiger partial charge is 0.497 e. The Bertz CT molecular complexity index is 1130. The first kappa shape index (κ1) is 25.9. The summed E-state index contributed by atoms with van der Waals surface area (Å²) in [6.45, 7) is 2.64. The van der Waals surface area contributed by atoms with Gasteiger partial charge >= 0.3 is 5.97 Å². The standard InChI is InChI=1S/C28H35FN4O3/c1-36-23-6-8-27-25(17-23)24(10-13-31-27)26(29)7-5-20-11-15-33(18-21(20)16-28(34)35)14-3-2-4-22-9-12-30-19-32-22/h6,8-10,12-13,17,19-21,26H,2-5,7,11,14-16,18H2,1H3,(H,34,35)/t20-,21+,26+/m1/s1. The highest BCUT2D eigenvalue weighted by molar-refractivity contribution is 5.83. The van der Waals surface area contributed by atoms with Crippen LogP contribution in [0.15, 0.2) is 49.1 Å². The maximum atomic E-state index is 15.5. The highest BCUT2D eigenvalue weighted by Gasteiger charge is 2.31. The van der Waals surface area contributed by atoms with Gasteiger partial charge in [0, 0.05) is 36.4 Å². The minimum atomic E-state index is -1.13. The van der Waals surface area contributed by atoms with E-state index in [-0.39, 0.29) is 18.3 Å². The lowest BCUT2D eigenvalue weighted by atomic mass is 9.79. The molecule has 0 amide bonds. The van der Waals surface area contributed by atoms with Crippen molar-refractivity contribution in [2.24, 2.45) is 11.8 Å². The van der Waals surface area contributed by atoms with Crippen molar-refractivity contribution in [3.63, 3.8) is 0 Å². The molecule has 3 atom stereocenters. The maximum absolute atomic E-state index is 15.5. The fourth-order valence-electron chi connectivity index (χ4n) is 5.36. The number of alkyl halides is 1. The number of aromatic nitrogens is 3. The quantitative estimate of drug-likeness (QED) is 0.344. The van der Waals surface area contributed by atoms with Crippen molar-refractivity contribution in [3.05, 3.63) is 60.3 Å². The van der Waals surface area contributed by atoms with Crippen molar-refractivity contribution in [1.29, 1.82) is 0 Å². The summed E-state index contributed by atoms with van der Waals surface area (Å²) in [5.74, 6) is 0.147. The van der Waals surface area contributed by atoms with E-state index in [0.717, 1.165) is 61.9 Å². The fraction of sp³-hybridized carbons (Fsp3) is 0.500. The zero-order chi connectivity index (χ0) is 25.3. The van der Waals surface area contributed by atoms with Crippen LogP contribution in [0.3, 0.4) is 0 Å². The summed E-state index contributed by atoms with van der Waals surface area (Å²) in [6, 6.07) is 9.19. The number of aryl methyl sites for hydroxylation is 1. The molecule has 1 N–H and O–H groups in total. The number of ether oxygens (including phenoxy) is 1. The average Bonchev–Trinajstić information content (AvgIpc) is 2.90. The Kier molecular flexibility index (Phi) is 9.17. The lowest BCUT2D eigenvalue weighted by Gasteiger charge is -2.38. The number of pyridine rings is 1. The molecule has 7 nitrogen and oxygen atoms in total.